The second-order valence-corrected chi connectivity index (χ2v) is 10.1. The van der Waals surface area contributed by atoms with Gasteiger partial charge in [-0.1, -0.05) is 56.0 Å². The molecule has 0 saturated heterocycles. The van der Waals surface area contributed by atoms with Gasteiger partial charge in [-0.15, -0.1) is 0 Å². The second kappa shape index (κ2) is 9.68. The lowest BCUT2D eigenvalue weighted by Crippen LogP contribution is -2.42. The Morgan fingerprint density at radius 2 is 1.79 bits per heavy atom. The third-order valence-electron chi connectivity index (χ3n) is 6.54. The van der Waals surface area contributed by atoms with E-state index in [0.29, 0.717) is 34.2 Å². The maximum atomic E-state index is 13.7. The van der Waals surface area contributed by atoms with Crippen LogP contribution in [0.15, 0.2) is 47.3 Å². The van der Waals surface area contributed by atoms with Crippen molar-refractivity contribution in [3.05, 3.63) is 69.2 Å². The van der Waals surface area contributed by atoms with Gasteiger partial charge in [0.15, 0.2) is 0 Å². The zero-order chi connectivity index (χ0) is 23.7. The summed E-state index contributed by atoms with van der Waals surface area (Å²) in [5.41, 5.74) is 2.25. The minimum atomic E-state index is -0.363. The van der Waals surface area contributed by atoms with Crippen LogP contribution in [0.5, 0.6) is 0 Å². The van der Waals surface area contributed by atoms with Crippen LogP contribution in [-0.4, -0.2) is 26.9 Å². The molecule has 1 fully saturated rings. The van der Waals surface area contributed by atoms with Gasteiger partial charge < -0.3 is 4.90 Å². The summed E-state index contributed by atoms with van der Waals surface area (Å²) in [6, 6.07) is 12.6. The molecule has 33 heavy (non-hydrogen) atoms. The number of carbonyl (C=O) groups is 1. The largest absolute Gasteiger partial charge is 0.332 e. The summed E-state index contributed by atoms with van der Waals surface area (Å²) in [6.45, 7) is 8.85. The van der Waals surface area contributed by atoms with Crippen molar-refractivity contribution >= 4 is 28.4 Å². The highest BCUT2D eigenvalue weighted by Gasteiger charge is 2.33. The van der Waals surface area contributed by atoms with Crippen LogP contribution in [0.25, 0.3) is 16.6 Å². The van der Waals surface area contributed by atoms with E-state index in [1.165, 1.54) is 0 Å². The third kappa shape index (κ3) is 4.84. The number of fused-ring (bicyclic) bond motifs is 1. The first-order valence-electron chi connectivity index (χ1n) is 11.9. The predicted octanol–water partition coefficient (Wildman–Crippen LogP) is 6.08. The summed E-state index contributed by atoms with van der Waals surface area (Å²) in [4.78, 5) is 34.1. The molecule has 1 saturated carbocycles. The smallest absolute Gasteiger partial charge is 0.266 e. The molecular weight excluding hydrogens is 434 g/mol. The standard InChI is InChI=1S/C27H32ClN3O2/c1-17(2)16-30(26(32)20-7-5-6-8-20)19(4)25-29-24-15-21(28)11-14-23(24)27(33)31(25)22-12-9-18(3)10-13-22/h9-15,17,19-20H,5-8,16H2,1-4H3. The van der Waals surface area contributed by atoms with Crippen LogP contribution < -0.4 is 5.56 Å². The zero-order valence-electron chi connectivity index (χ0n) is 19.8. The first kappa shape index (κ1) is 23.5. The molecule has 0 aliphatic heterocycles. The van der Waals surface area contributed by atoms with Crippen molar-refractivity contribution in [3.63, 3.8) is 0 Å². The third-order valence-corrected chi connectivity index (χ3v) is 6.78. The number of benzene rings is 2. The molecular formula is C27H32ClN3O2. The number of amides is 1. The van der Waals surface area contributed by atoms with Crippen LogP contribution in [0.4, 0.5) is 0 Å². The summed E-state index contributed by atoms with van der Waals surface area (Å²) in [5, 5.41) is 1.04. The molecule has 3 aromatic rings. The molecule has 5 nitrogen and oxygen atoms in total. The zero-order valence-corrected chi connectivity index (χ0v) is 20.6. The molecule has 1 aromatic heterocycles. The highest BCUT2D eigenvalue weighted by atomic mass is 35.5. The van der Waals surface area contributed by atoms with Gasteiger partial charge in [-0.2, -0.15) is 0 Å². The lowest BCUT2D eigenvalue weighted by atomic mass is 10.0. The molecule has 1 heterocycles. The van der Waals surface area contributed by atoms with E-state index >= 15 is 0 Å². The summed E-state index contributed by atoms with van der Waals surface area (Å²) in [5.74, 6) is 1.09. The molecule has 0 bridgehead atoms. The SMILES string of the molecule is Cc1ccc(-n2c(C(C)N(CC(C)C)C(=O)C3CCCC3)nc3cc(Cl)ccc3c2=O)cc1. The fraction of sp³-hybridized carbons (Fsp3) is 0.444. The maximum Gasteiger partial charge on any atom is 0.266 e. The first-order valence-corrected chi connectivity index (χ1v) is 12.2. The number of carbonyl (C=O) groups excluding carboxylic acids is 1. The normalized spacial score (nSPS) is 15.3. The molecule has 1 aliphatic carbocycles. The average molecular weight is 466 g/mol. The number of aryl methyl sites for hydroxylation is 1. The van der Waals surface area contributed by atoms with Gasteiger partial charge in [-0.3, -0.25) is 14.2 Å². The molecule has 174 valence electrons. The minimum absolute atomic E-state index is 0.0562. The summed E-state index contributed by atoms with van der Waals surface area (Å²) < 4.78 is 1.66. The Morgan fingerprint density at radius 3 is 2.42 bits per heavy atom. The van der Waals surface area contributed by atoms with Crippen molar-refractivity contribution in [1.82, 2.24) is 14.5 Å². The molecule has 0 N–H and O–H groups in total. The topological polar surface area (TPSA) is 55.2 Å². The summed E-state index contributed by atoms with van der Waals surface area (Å²) in [6.07, 6.45) is 4.07. The molecule has 2 aromatic carbocycles. The van der Waals surface area contributed by atoms with Gasteiger partial charge in [-0.05, 0) is 62.9 Å². The molecule has 1 unspecified atom stereocenters. The quantitative estimate of drug-likeness (QED) is 0.443. The van der Waals surface area contributed by atoms with E-state index in [0.717, 1.165) is 36.9 Å². The Balaban J connectivity index is 1.90. The highest BCUT2D eigenvalue weighted by molar-refractivity contribution is 6.31. The Morgan fingerprint density at radius 1 is 1.12 bits per heavy atom. The fourth-order valence-electron chi connectivity index (χ4n) is 4.78. The van der Waals surface area contributed by atoms with Crippen molar-refractivity contribution in [2.45, 2.75) is 59.4 Å². The van der Waals surface area contributed by atoms with E-state index in [4.69, 9.17) is 16.6 Å². The van der Waals surface area contributed by atoms with Crippen LogP contribution >= 0.6 is 11.6 Å². The fourth-order valence-corrected chi connectivity index (χ4v) is 4.94. The van der Waals surface area contributed by atoms with E-state index in [-0.39, 0.29) is 23.4 Å². The van der Waals surface area contributed by atoms with Gasteiger partial charge in [0.25, 0.3) is 5.56 Å². The minimum Gasteiger partial charge on any atom is -0.332 e. The van der Waals surface area contributed by atoms with Crippen LogP contribution in [0.2, 0.25) is 5.02 Å². The Bertz CT molecular complexity index is 1210. The van der Waals surface area contributed by atoms with Gasteiger partial charge in [0.05, 0.1) is 22.6 Å². The molecule has 0 radical (unpaired) electrons. The molecule has 1 amide bonds. The Hall–Kier alpha value is -2.66. The van der Waals surface area contributed by atoms with Gasteiger partial charge >= 0.3 is 0 Å². The van der Waals surface area contributed by atoms with Gasteiger partial charge in [0.1, 0.15) is 5.82 Å². The van der Waals surface area contributed by atoms with Crippen molar-refractivity contribution in [2.75, 3.05) is 6.54 Å². The molecule has 1 aliphatic rings. The second-order valence-electron chi connectivity index (χ2n) is 9.65. The first-order chi connectivity index (χ1) is 15.8. The molecule has 6 heteroatoms. The average Bonchev–Trinajstić information content (AvgIpc) is 3.32. The van der Waals surface area contributed by atoms with E-state index in [1.807, 2.05) is 43.0 Å². The van der Waals surface area contributed by atoms with Crippen molar-refractivity contribution < 1.29 is 4.79 Å². The maximum absolute atomic E-state index is 13.7. The highest BCUT2D eigenvalue weighted by Crippen LogP contribution is 2.31. The van der Waals surface area contributed by atoms with Gasteiger partial charge in [0.2, 0.25) is 5.91 Å². The number of hydrogen-bond donors (Lipinski definition) is 0. The van der Waals surface area contributed by atoms with Crippen LogP contribution in [0.1, 0.15) is 63.9 Å². The Labute approximate surface area is 200 Å². The van der Waals surface area contributed by atoms with Crippen LogP contribution in [0.3, 0.4) is 0 Å². The molecule has 1 atom stereocenters. The molecule has 4 rings (SSSR count). The van der Waals surface area contributed by atoms with E-state index < -0.39 is 0 Å². The van der Waals surface area contributed by atoms with Crippen molar-refractivity contribution in [2.24, 2.45) is 11.8 Å². The molecule has 0 spiro atoms. The van der Waals surface area contributed by atoms with Gasteiger partial charge in [0, 0.05) is 17.5 Å². The number of halogens is 1. The number of aromatic nitrogens is 2. The number of rotatable bonds is 6. The van der Waals surface area contributed by atoms with Crippen molar-refractivity contribution in [3.8, 4) is 5.69 Å². The Kier molecular flexibility index (Phi) is 6.89. The lowest BCUT2D eigenvalue weighted by molar-refractivity contribution is -0.138. The van der Waals surface area contributed by atoms with Crippen molar-refractivity contribution in [1.29, 1.82) is 0 Å². The van der Waals surface area contributed by atoms with Crippen LogP contribution in [-0.2, 0) is 4.79 Å². The predicted molar refractivity (Wildman–Crippen MR) is 134 cm³/mol. The van der Waals surface area contributed by atoms with E-state index in [1.54, 1.807) is 22.8 Å². The summed E-state index contributed by atoms with van der Waals surface area (Å²) >= 11 is 6.23. The van der Waals surface area contributed by atoms with E-state index in [2.05, 4.69) is 13.8 Å². The summed E-state index contributed by atoms with van der Waals surface area (Å²) in [7, 11) is 0. The monoisotopic (exact) mass is 465 g/mol. The van der Waals surface area contributed by atoms with E-state index in [9.17, 15) is 9.59 Å². The number of hydrogen-bond acceptors (Lipinski definition) is 3. The lowest BCUT2D eigenvalue weighted by Gasteiger charge is -2.33. The van der Waals surface area contributed by atoms with Gasteiger partial charge in [-0.25, -0.2) is 4.98 Å². The van der Waals surface area contributed by atoms with Crippen LogP contribution in [0, 0.1) is 18.8 Å². The number of nitrogens with zero attached hydrogens (tertiary/aromatic N) is 3.